The van der Waals surface area contributed by atoms with E-state index in [-0.39, 0.29) is 5.69 Å². The summed E-state index contributed by atoms with van der Waals surface area (Å²) < 4.78 is 0. The van der Waals surface area contributed by atoms with Crippen LogP contribution in [0.4, 0.5) is 17.3 Å². The van der Waals surface area contributed by atoms with Crippen molar-refractivity contribution in [3.05, 3.63) is 16.4 Å². The lowest BCUT2D eigenvalue weighted by Gasteiger charge is -2.13. The molecule has 1 heterocycles. The first-order valence-corrected chi connectivity index (χ1v) is 11.5. The second-order valence-corrected chi connectivity index (χ2v) is 8.07. The molecule has 0 saturated carbocycles. The van der Waals surface area contributed by atoms with Gasteiger partial charge in [-0.25, -0.2) is 9.97 Å². The van der Waals surface area contributed by atoms with E-state index in [9.17, 15) is 10.1 Å². The Balaban J connectivity index is 2.05. The molecule has 1 N–H and O–H groups in total. The molecule has 0 radical (unpaired) electrons. The van der Waals surface area contributed by atoms with E-state index in [1.54, 1.807) is 19.0 Å². The zero-order valence-corrected chi connectivity index (χ0v) is 18.8. The molecule has 0 spiro atoms. The number of hydrogen-bond donors (Lipinski definition) is 1. The Labute approximate surface area is 176 Å². The van der Waals surface area contributed by atoms with Crippen LogP contribution in [0.3, 0.4) is 0 Å². The molecule has 0 unspecified atom stereocenters. The van der Waals surface area contributed by atoms with Gasteiger partial charge in [0, 0.05) is 20.6 Å². The summed E-state index contributed by atoms with van der Waals surface area (Å²) in [4.78, 5) is 20.7. The fraction of sp³-hybridized carbons (Fsp3) is 0.818. The maximum atomic E-state index is 11.4. The van der Waals surface area contributed by atoms with Crippen molar-refractivity contribution in [2.45, 2.75) is 96.8 Å². The molecular formula is C22H41N5O2. The van der Waals surface area contributed by atoms with Gasteiger partial charge < -0.3 is 10.2 Å². The highest BCUT2D eigenvalue weighted by Gasteiger charge is 2.23. The molecule has 166 valence electrons. The van der Waals surface area contributed by atoms with E-state index in [1.165, 1.54) is 83.4 Å². The Morgan fingerprint density at radius 2 is 1.34 bits per heavy atom. The second kappa shape index (κ2) is 15.9. The van der Waals surface area contributed by atoms with Crippen LogP contribution in [0.25, 0.3) is 0 Å². The first-order chi connectivity index (χ1) is 14.1. The predicted molar refractivity (Wildman–Crippen MR) is 122 cm³/mol. The van der Waals surface area contributed by atoms with Crippen molar-refractivity contribution in [2.75, 3.05) is 30.9 Å². The summed E-state index contributed by atoms with van der Waals surface area (Å²) in [5.74, 6) is 0.636. The van der Waals surface area contributed by atoms with E-state index in [2.05, 4.69) is 22.2 Å². The molecular weight excluding hydrogens is 366 g/mol. The summed E-state index contributed by atoms with van der Waals surface area (Å²) in [5, 5.41) is 14.5. The lowest BCUT2D eigenvalue weighted by molar-refractivity contribution is -0.383. The summed E-state index contributed by atoms with van der Waals surface area (Å²) in [5.41, 5.74) is -0.0529. The summed E-state index contributed by atoms with van der Waals surface area (Å²) in [6.45, 7) is 2.96. The number of nitrogens with one attached hydrogen (secondary N) is 1. The molecule has 0 bridgehead atoms. The van der Waals surface area contributed by atoms with Crippen LogP contribution in [-0.2, 0) is 0 Å². The average molecular weight is 408 g/mol. The van der Waals surface area contributed by atoms with Gasteiger partial charge in [0.25, 0.3) is 0 Å². The number of nitro groups is 1. The molecule has 7 nitrogen and oxygen atoms in total. The van der Waals surface area contributed by atoms with Crippen LogP contribution in [-0.4, -0.2) is 35.5 Å². The zero-order chi connectivity index (χ0) is 21.3. The number of aromatic nitrogens is 2. The normalized spacial score (nSPS) is 10.9. The first kappa shape index (κ1) is 25.1. The van der Waals surface area contributed by atoms with E-state index >= 15 is 0 Å². The van der Waals surface area contributed by atoms with Crippen molar-refractivity contribution in [3.8, 4) is 0 Å². The van der Waals surface area contributed by atoms with E-state index in [1.807, 2.05) is 0 Å². The molecule has 0 saturated heterocycles. The maximum Gasteiger partial charge on any atom is 0.353 e. The monoisotopic (exact) mass is 407 g/mol. The minimum Gasteiger partial charge on any atom is -0.364 e. The van der Waals surface area contributed by atoms with Gasteiger partial charge in [-0.2, -0.15) is 0 Å². The van der Waals surface area contributed by atoms with Crippen molar-refractivity contribution >= 4 is 17.3 Å². The largest absolute Gasteiger partial charge is 0.364 e. The average Bonchev–Trinajstić information content (AvgIpc) is 2.70. The molecule has 0 atom stereocenters. The third-order valence-corrected chi connectivity index (χ3v) is 5.23. The van der Waals surface area contributed by atoms with Crippen molar-refractivity contribution < 1.29 is 4.92 Å². The van der Waals surface area contributed by atoms with Gasteiger partial charge in [0.2, 0.25) is 11.6 Å². The minimum absolute atomic E-state index is 0.0529. The van der Waals surface area contributed by atoms with E-state index in [0.717, 1.165) is 12.8 Å². The first-order valence-electron chi connectivity index (χ1n) is 11.5. The molecule has 1 rings (SSSR count). The van der Waals surface area contributed by atoms with Crippen LogP contribution in [0.15, 0.2) is 6.33 Å². The van der Waals surface area contributed by atoms with Gasteiger partial charge in [0.15, 0.2) is 0 Å². The van der Waals surface area contributed by atoms with Gasteiger partial charge >= 0.3 is 5.69 Å². The molecule has 0 amide bonds. The van der Waals surface area contributed by atoms with Gasteiger partial charge in [-0.05, 0) is 6.42 Å². The van der Waals surface area contributed by atoms with Gasteiger partial charge in [0.05, 0.1) is 4.92 Å². The number of anilines is 2. The fourth-order valence-corrected chi connectivity index (χ4v) is 3.52. The summed E-state index contributed by atoms with van der Waals surface area (Å²) in [6.07, 6.45) is 19.8. The minimum atomic E-state index is -0.414. The molecule has 0 aliphatic rings. The van der Waals surface area contributed by atoms with Crippen LogP contribution in [0, 0.1) is 10.1 Å². The molecule has 0 fully saturated rings. The predicted octanol–water partition coefficient (Wildman–Crippen LogP) is 6.34. The number of unbranched alkanes of at least 4 members (excludes halogenated alkanes) is 13. The SMILES string of the molecule is CCCCCCCCCCCCCCCCNc1ncnc(N(C)C)c1[N+](=O)[O-]. The Morgan fingerprint density at radius 1 is 0.862 bits per heavy atom. The second-order valence-electron chi connectivity index (χ2n) is 8.07. The quantitative estimate of drug-likeness (QED) is 0.173. The molecule has 0 aromatic carbocycles. The Bertz CT molecular complexity index is 566. The van der Waals surface area contributed by atoms with Crippen LogP contribution in [0.1, 0.15) is 96.8 Å². The van der Waals surface area contributed by atoms with Crippen LogP contribution >= 0.6 is 0 Å². The lowest BCUT2D eigenvalue weighted by atomic mass is 10.0. The van der Waals surface area contributed by atoms with Gasteiger partial charge in [-0.3, -0.25) is 10.1 Å². The number of nitrogens with zero attached hydrogens (tertiary/aromatic N) is 4. The maximum absolute atomic E-state index is 11.4. The highest BCUT2D eigenvalue weighted by molar-refractivity contribution is 5.69. The number of rotatable bonds is 18. The molecule has 0 aliphatic carbocycles. The molecule has 1 aromatic rings. The standard InChI is InChI=1S/C22H41N5O2/c1-4-5-6-7-8-9-10-11-12-13-14-15-16-17-18-23-21-20(27(28)29)22(26(2)3)25-19-24-21/h19H,4-18H2,1-3H3,(H,23,24,25). The lowest BCUT2D eigenvalue weighted by Crippen LogP contribution is -2.15. The van der Waals surface area contributed by atoms with Gasteiger partial charge in [-0.1, -0.05) is 90.4 Å². The van der Waals surface area contributed by atoms with E-state index in [0.29, 0.717) is 18.2 Å². The smallest absolute Gasteiger partial charge is 0.353 e. The third kappa shape index (κ3) is 11.0. The van der Waals surface area contributed by atoms with Gasteiger partial charge in [0.1, 0.15) is 6.33 Å². The highest BCUT2D eigenvalue weighted by Crippen LogP contribution is 2.30. The van der Waals surface area contributed by atoms with Gasteiger partial charge in [-0.15, -0.1) is 0 Å². The Morgan fingerprint density at radius 3 is 1.79 bits per heavy atom. The highest BCUT2D eigenvalue weighted by atomic mass is 16.6. The van der Waals surface area contributed by atoms with Crippen molar-refractivity contribution in [2.24, 2.45) is 0 Å². The third-order valence-electron chi connectivity index (χ3n) is 5.23. The molecule has 29 heavy (non-hydrogen) atoms. The topological polar surface area (TPSA) is 84.2 Å². The number of hydrogen-bond acceptors (Lipinski definition) is 6. The summed E-state index contributed by atoms with van der Waals surface area (Å²) >= 11 is 0. The Hall–Kier alpha value is -1.92. The van der Waals surface area contributed by atoms with Crippen LogP contribution in [0.5, 0.6) is 0 Å². The van der Waals surface area contributed by atoms with Crippen molar-refractivity contribution in [1.29, 1.82) is 0 Å². The van der Waals surface area contributed by atoms with Crippen LogP contribution < -0.4 is 10.2 Å². The van der Waals surface area contributed by atoms with Crippen molar-refractivity contribution in [1.82, 2.24) is 9.97 Å². The summed E-state index contributed by atoms with van der Waals surface area (Å²) in [6, 6.07) is 0. The van der Waals surface area contributed by atoms with Crippen LogP contribution in [0.2, 0.25) is 0 Å². The zero-order valence-electron chi connectivity index (χ0n) is 18.8. The summed E-state index contributed by atoms with van der Waals surface area (Å²) in [7, 11) is 3.49. The van der Waals surface area contributed by atoms with E-state index in [4.69, 9.17) is 0 Å². The molecule has 7 heteroatoms. The Kier molecular flexibility index (Phi) is 13.8. The molecule has 1 aromatic heterocycles. The molecule has 0 aliphatic heterocycles. The van der Waals surface area contributed by atoms with E-state index < -0.39 is 4.92 Å². The van der Waals surface area contributed by atoms with Crippen molar-refractivity contribution in [3.63, 3.8) is 0 Å². The fourth-order valence-electron chi connectivity index (χ4n) is 3.52.